The van der Waals surface area contributed by atoms with Crippen molar-refractivity contribution in [3.63, 3.8) is 0 Å². The molecule has 0 fully saturated rings. The molecular weight excluding hydrogens is 481 g/mol. The van der Waals surface area contributed by atoms with E-state index in [0.717, 1.165) is 61.7 Å². The molecule has 7 aromatic rings. The third-order valence-corrected chi connectivity index (χ3v) is 9.80. The van der Waals surface area contributed by atoms with Crippen molar-refractivity contribution >= 4 is 140 Å². The highest BCUT2D eigenvalue weighted by Gasteiger charge is 2.27. The Morgan fingerprint density at radius 2 is 0.633 bits per heavy atom. The minimum atomic E-state index is 0.800. The summed E-state index contributed by atoms with van der Waals surface area (Å²) in [4.78, 5) is 5.00. The largest absolute Gasteiger partial charge is 0.142 e. The van der Waals surface area contributed by atoms with Gasteiger partial charge in [-0.25, -0.2) is 0 Å². The predicted molar refractivity (Wildman–Crippen MR) is 149 cm³/mol. The van der Waals surface area contributed by atoms with Crippen LogP contribution in [-0.2, 0) is 0 Å². The number of rotatable bonds is 0. The predicted octanol–water partition coefficient (Wildman–Crippen LogP) is 8.65. The molecule has 144 valence electrons. The first kappa shape index (κ1) is 18.5. The van der Waals surface area contributed by atoms with Gasteiger partial charge in [-0.15, -0.1) is 75.8 Å². The minimum absolute atomic E-state index is 0.800. The summed E-state index contributed by atoms with van der Waals surface area (Å²) in [6.07, 6.45) is 0. The van der Waals surface area contributed by atoms with E-state index in [9.17, 15) is 0 Å². The van der Waals surface area contributed by atoms with Gasteiger partial charge in [0.1, 0.15) is 0 Å². The summed E-state index contributed by atoms with van der Waals surface area (Å²) in [7, 11) is 0. The zero-order chi connectivity index (χ0) is 20.6. The molecule has 0 aliphatic carbocycles. The monoisotopic (exact) mass is 492 g/mol. The second-order valence-electron chi connectivity index (χ2n) is 7.83. The molecule has 0 unspecified atom stereocenters. The molecule has 7 rings (SSSR count). The van der Waals surface area contributed by atoms with Gasteiger partial charge in [-0.3, -0.25) is 0 Å². The minimum Gasteiger partial charge on any atom is -0.142 e. The van der Waals surface area contributed by atoms with Crippen LogP contribution in [0.15, 0.2) is 65.8 Å². The Bertz CT molecular complexity index is 1710. The molecule has 30 heavy (non-hydrogen) atoms. The fraction of sp³-hybridized carbons (Fsp3) is 0. The molecule has 0 spiro atoms. The molecule has 0 amide bonds. The van der Waals surface area contributed by atoms with Crippen LogP contribution in [0.2, 0.25) is 0 Å². The van der Waals surface area contributed by atoms with Crippen LogP contribution in [0, 0.1) is 0 Å². The lowest BCUT2D eigenvalue weighted by molar-refractivity contribution is 1.26. The van der Waals surface area contributed by atoms with E-state index in [4.69, 9.17) is 75.8 Å². The summed E-state index contributed by atoms with van der Waals surface area (Å²) >= 11 is 29.3. The van der Waals surface area contributed by atoms with Gasteiger partial charge in [0.2, 0.25) is 0 Å². The van der Waals surface area contributed by atoms with E-state index < -0.39 is 0 Å². The Morgan fingerprint density at radius 1 is 0.300 bits per heavy atom. The van der Waals surface area contributed by atoms with Crippen molar-refractivity contribution in [2.75, 3.05) is 0 Å². The van der Waals surface area contributed by atoms with Gasteiger partial charge in [-0.2, -0.15) is 0 Å². The van der Waals surface area contributed by atoms with Crippen molar-refractivity contribution in [1.29, 1.82) is 0 Å². The zero-order valence-corrected chi connectivity index (χ0v) is 20.5. The zero-order valence-electron chi connectivity index (χ0n) is 15.1. The van der Waals surface area contributed by atoms with E-state index in [1.165, 1.54) is 32.3 Å². The second-order valence-corrected chi connectivity index (χ2v) is 10.5. The average molecular weight is 493 g/mol. The quantitative estimate of drug-likeness (QED) is 0.0681. The number of hydrogen-bond acceptors (Lipinski definition) is 6. The molecule has 0 atom stereocenters. The van der Waals surface area contributed by atoms with Crippen LogP contribution in [0.3, 0.4) is 0 Å². The summed E-state index contributed by atoms with van der Waals surface area (Å²) in [5.74, 6) is 0. The Morgan fingerprint density at radius 3 is 1.03 bits per heavy atom. The molecule has 0 saturated carbocycles. The van der Waals surface area contributed by atoms with Crippen molar-refractivity contribution in [3.8, 4) is 0 Å². The van der Waals surface area contributed by atoms with Gasteiger partial charge in [-0.1, -0.05) is 36.4 Å². The molecule has 0 radical (unpaired) electrons. The molecule has 0 nitrogen and oxygen atoms in total. The maximum atomic E-state index is 4.90. The first-order valence-electron chi connectivity index (χ1n) is 9.32. The van der Waals surface area contributed by atoms with E-state index in [2.05, 4.69) is 36.4 Å². The van der Waals surface area contributed by atoms with Gasteiger partial charge in [0.25, 0.3) is 0 Å². The number of thiol groups is 6. The van der Waals surface area contributed by atoms with Crippen LogP contribution in [0.4, 0.5) is 0 Å². The fourth-order valence-electron chi connectivity index (χ4n) is 5.32. The van der Waals surface area contributed by atoms with Crippen molar-refractivity contribution in [2.24, 2.45) is 0 Å². The second kappa shape index (κ2) is 5.85. The van der Waals surface area contributed by atoms with Crippen LogP contribution >= 0.6 is 75.8 Å². The van der Waals surface area contributed by atoms with Gasteiger partial charge in [0.15, 0.2) is 0 Å². The lowest BCUT2D eigenvalue weighted by Gasteiger charge is -2.25. The van der Waals surface area contributed by atoms with Gasteiger partial charge < -0.3 is 0 Å². The third kappa shape index (κ3) is 1.90. The van der Waals surface area contributed by atoms with Crippen LogP contribution in [-0.4, -0.2) is 0 Å². The molecule has 0 N–H and O–H groups in total. The molecule has 0 heterocycles. The van der Waals surface area contributed by atoms with Crippen LogP contribution in [0.1, 0.15) is 0 Å². The average Bonchev–Trinajstić information content (AvgIpc) is 2.75. The smallest absolute Gasteiger partial charge is 0.0271 e. The van der Waals surface area contributed by atoms with E-state index >= 15 is 0 Å². The van der Waals surface area contributed by atoms with Gasteiger partial charge >= 0.3 is 0 Å². The van der Waals surface area contributed by atoms with Gasteiger partial charge in [0, 0.05) is 50.9 Å². The van der Waals surface area contributed by atoms with E-state index in [1.807, 2.05) is 0 Å². The van der Waals surface area contributed by atoms with Crippen LogP contribution in [0.25, 0.3) is 64.6 Å². The molecule has 0 saturated heterocycles. The maximum absolute atomic E-state index is 4.90. The lowest BCUT2D eigenvalue weighted by atomic mass is 9.82. The van der Waals surface area contributed by atoms with Crippen molar-refractivity contribution in [3.05, 3.63) is 36.4 Å². The molecule has 0 aliphatic rings. The highest BCUT2D eigenvalue weighted by molar-refractivity contribution is 7.85. The number of benzene rings is 7. The van der Waals surface area contributed by atoms with Crippen molar-refractivity contribution in [1.82, 2.24) is 0 Å². The molecule has 0 aliphatic heterocycles. The van der Waals surface area contributed by atoms with Crippen molar-refractivity contribution < 1.29 is 0 Å². The topological polar surface area (TPSA) is 0 Å². The van der Waals surface area contributed by atoms with E-state index in [1.54, 1.807) is 0 Å². The lowest BCUT2D eigenvalue weighted by Crippen LogP contribution is -1.97. The first-order valence-corrected chi connectivity index (χ1v) is 12.0. The Balaban J connectivity index is 2.10. The Hall–Kier alpha value is -1.02. The molecule has 0 aromatic heterocycles. The maximum Gasteiger partial charge on any atom is 0.0271 e. The molecular formula is C24H12S6. The fourth-order valence-corrected chi connectivity index (χ4v) is 7.46. The van der Waals surface area contributed by atoms with Crippen LogP contribution in [0.5, 0.6) is 0 Å². The third-order valence-electron chi connectivity index (χ3n) is 6.55. The normalized spacial score (nSPS) is 13.0. The molecule has 7 aromatic carbocycles. The SMILES string of the molecule is Sc1c(S)c2c(S)c(S)c3c(S)c(S)c4ccc5ccc6ccc1c1c6c5c4c3c21. The summed E-state index contributed by atoms with van der Waals surface area (Å²) in [6, 6.07) is 13.1. The van der Waals surface area contributed by atoms with Gasteiger partial charge in [-0.05, 0) is 43.1 Å². The Labute approximate surface area is 204 Å². The standard InChI is InChI=1S/C24H12S6/c25-19-9-5-3-7-1-2-8-4-6-10-14-12(8)11(7)13(9)15-16(14)18(22(28)20(10)26)24(30)23(29)17(15)21(19)27/h1-6,25-30H. The first-order chi connectivity index (χ1) is 14.4. The summed E-state index contributed by atoms with van der Waals surface area (Å²) in [6.45, 7) is 0. The summed E-state index contributed by atoms with van der Waals surface area (Å²) in [5, 5.41) is 13.9. The Kier molecular flexibility index (Phi) is 3.62. The summed E-state index contributed by atoms with van der Waals surface area (Å²) < 4.78 is 0. The van der Waals surface area contributed by atoms with Crippen LogP contribution < -0.4 is 0 Å². The van der Waals surface area contributed by atoms with Crippen molar-refractivity contribution in [2.45, 2.75) is 29.4 Å². The number of hydrogen-bond donors (Lipinski definition) is 6. The molecule has 0 bridgehead atoms. The van der Waals surface area contributed by atoms with E-state index in [0.29, 0.717) is 0 Å². The van der Waals surface area contributed by atoms with Gasteiger partial charge in [0.05, 0.1) is 0 Å². The highest BCUT2D eigenvalue weighted by atomic mass is 32.1. The highest BCUT2D eigenvalue weighted by Crippen LogP contribution is 2.56. The molecule has 6 heteroatoms. The summed E-state index contributed by atoms with van der Waals surface area (Å²) in [5.41, 5.74) is 0. The van der Waals surface area contributed by atoms with E-state index in [-0.39, 0.29) is 0 Å².